The lowest BCUT2D eigenvalue weighted by Crippen LogP contribution is -2.45. The van der Waals surface area contributed by atoms with Crippen LogP contribution in [0.2, 0.25) is 4.34 Å². The Bertz CT molecular complexity index is 795. The van der Waals surface area contributed by atoms with Gasteiger partial charge in [0.25, 0.3) is 0 Å². The predicted molar refractivity (Wildman–Crippen MR) is 92.1 cm³/mol. The molecule has 10 heteroatoms. The fourth-order valence-corrected chi connectivity index (χ4v) is 4.38. The first-order chi connectivity index (χ1) is 12.6. The molecule has 1 aliphatic rings. The third-order valence-corrected chi connectivity index (χ3v) is 5.64. The Balaban J connectivity index is 2.16. The molecule has 1 aromatic heterocycles. The maximum absolute atomic E-state index is 13.6. The molecule has 1 atom stereocenters. The number of hydrogen-bond acceptors (Lipinski definition) is 3. The summed E-state index contributed by atoms with van der Waals surface area (Å²) in [7, 11) is 0. The molecule has 3 rings (SSSR count). The van der Waals surface area contributed by atoms with E-state index in [1.165, 1.54) is 0 Å². The first kappa shape index (κ1) is 20.4. The molecule has 1 aromatic carbocycles. The number of hydrogen-bond donors (Lipinski definition) is 1. The van der Waals surface area contributed by atoms with Gasteiger partial charge in [0.2, 0.25) is 0 Å². The van der Waals surface area contributed by atoms with Gasteiger partial charge in [0.15, 0.2) is 0 Å². The van der Waals surface area contributed by atoms with Crippen LogP contribution in [0.4, 0.5) is 26.3 Å². The van der Waals surface area contributed by atoms with E-state index in [0.717, 1.165) is 17.4 Å². The number of rotatable bonds is 3. The summed E-state index contributed by atoms with van der Waals surface area (Å²) in [6, 6.07) is 4.22. The van der Waals surface area contributed by atoms with Crippen molar-refractivity contribution in [3.05, 3.63) is 56.2 Å². The number of nitrogens with one attached hydrogen (secondary N) is 1. The van der Waals surface area contributed by atoms with Crippen LogP contribution in [0.1, 0.15) is 27.6 Å². The van der Waals surface area contributed by atoms with Crippen LogP contribution in [0, 0.1) is 0 Å². The lowest BCUT2D eigenvalue weighted by Gasteiger charge is -2.36. The molecular weight excluding hydrogens is 414 g/mol. The molecule has 1 aliphatic heterocycles. The average Bonchev–Trinajstić information content (AvgIpc) is 3.00. The van der Waals surface area contributed by atoms with Gasteiger partial charge in [-0.2, -0.15) is 26.3 Å². The van der Waals surface area contributed by atoms with Crippen molar-refractivity contribution in [2.24, 2.45) is 0 Å². The van der Waals surface area contributed by atoms with Crippen LogP contribution in [-0.2, 0) is 12.4 Å². The van der Waals surface area contributed by atoms with E-state index in [-0.39, 0.29) is 11.6 Å². The van der Waals surface area contributed by atoms with Crippen LogP contribution in [0.5, 0.6) is 0 Å². The van der Waals surface area contributed by atoms with Crippen LogP contribution < -0.4 is 5.32 Å². The zero-order chi connectivity index (χ0) is 19.8. The molecular formula is C17H15ClF6N2S. The fraction of sp³-hybridized carbons (Fsp3) is 0.412. The van der Waals surface area contributed by atoms with Crippen molar-refractivity contribution < 1.29 is 26.3 Å². The van der Waals surface area contributed by atoms with E-state index in [1.807, 2.05) is 4.90 Å². The minimum Gasteiger partial charge on any atom is -0.314 e. The van der Waals surface area contributed by atoms with Crippen molar-refractivity contribution in [2.45, 2.75) is 18.4 Å². The minimum absolute atomic E-state index is 0.194. The summed E-state index contributed by atoms with van der Waals surface area (Å²) in [5, 5.41) is 3.12. The lowest BCUT2D eigenvalue weighted by atomic mass is 9.94. The molecule has 2 aromatic rings. The first-order valence-corrected chi connectivity index (χ1v) is 9.25. The Hall–Kier alpha value is -1.29. The lowest BCUT2D eigenvalue weighted by molar-refractivity contribution is -0.143. The molecule has 0 aliphatic carbocycles. The van der Waals surface area contributed by atoms with E-state index in [4.69, 9.17) is 11.6 Å². The highest BCUT2D eigenvalue weighted by Crippen LogP contribution is 2.43. The van der Waals surface area contributed by atoms with Gasteiger partial charge in [0, 0.05) is 31.1 Å². The smallest absolute Gasteiger partial charge is 0.314 e. The van der Waals surface area contributed by atoms with Crippen molar-refractivity contribution in [2.75, 3.05) is 26.2 Å². The summed E-state index contributed by atoms with van der Waals surface area (Å²) in [5.41, 5.74) is -2.79. The SMILES string of the molecule is FC(F)(F)c1ccc([C@H](c2ccc(Cl)s2)N2CCNCC2)c(C(F)(F)F)c1. The molecule has 1 N–H and O–H groups in total. The summed E-state index contributed by atoms with van der Waals surface area (Å²) in [6.45, 7) is 2.10. The highest BCUT2D eigenvalue weighted by atomic mass is 35.5. The standard InChI is InChI=1S/C17H15ClF6N2S/c18-14-4-3-13(27-14)15(26-7-5-25-6-8-26)11-2-1-10(16(19,20)21)9-12(11)17(22,23)24/h1-4,9,15,25H,5-8H2/t15-/m1/s1. The molecule has 2 heterocycles. The minimum atomic E-state index is -4.91. The van der Waals surface area contributed by atoms with Crippen LogP contribution in [0.25, 0.3) is 0 Å². The number of piperazine rings is 1. The van der Waals surface area contributed by atoms with E-state index in [2.05, 4.69) is 5.32 Å². The van der Waals surface area contributed by atoms with Gasteiger partial charge in [-0.25, -0.2) is 0 Å². The number of thiophene rings is 1. The molecule has 0 spiro atoms. The highest BCUT2D eigenvalue weighted by molar-refractivity contribution is 7.16. The molecule has 148 valence electrons. The number of benzene rings is 1. The Morgan fingerprint density at radius 1 is 0.963 bits per heavy atom. The van der Waals surface area contributed by atoms with Gasteiger partial charge in [-0.05, 0) is 29.8 Å². The second-order valence-electron chi connectivity index (χ2n) is 6.13. The first-order valence-electron chi connectivity index (χ1n) is 8.05. The van der Waals surface area contributed by atoms with Gasteiger partial charge in [-0.15, -0.1) is 11.3 Å². The summed E-state index contributed by atoms with van der Waals surface area (Å²) in [6.07, 6.45) is -9.76. The maximum Gasteiger partial charge on any atom is 0.416 e. The molecule has 0 radical (unpaired) electrons. The van der Waals surface area contributed by atoms with Crippen molar-refractivity contribution in [3.8, 4) is 0 Å². The van der Waals surface area contributed by atoms with Gasteiger partial charge in [0.05, 0.1) is 21.5 Å². The van der Waals surface area contributed by atoms with Gasteiger partial charge < -0.3 is 5.32 Å². The van der Waals surface area contributed by atoms with E-state index in [0.29, 0.717) is 41.5 Å². The number of alkyl halides is 6. The number of halogens is 7. The van der Waals surface area contributed by atoms with Crippen LogP contribution in [0.15, 0.2) is 30.3 Å². The third-order valence-electron chi connectivity index (χ3n) is 4.36. The Kier molecular flexibility index (Phi) is 5.77. The zero-order valence-corrected chi connectivity index (χ0v) is 15.4. The molecule has 27 heavy (non-hydrogen) atoms. The highest BCUT2D eigenvalue weighted by Gasteiger charge is 2.41. The fourth-order valence-electron chi connectivity index (χ4n) is 3.16. The summed E-state index contributed by atoms with van der Waals surface area (Å²) in [5.74, 6) is 0. The van der Waals surface area contributed by atoms with Crippen molar-refractivity contribution in [3.63, 3.8) is 0 Å². The number of nitrogens with zero attached hydrogens (tertiary/aromatic N) is 1. The largest absolute Gasteiger partial charge is 0.416 e. The molecule has 1 saturated heterocycles. The topological polar surface area (TPSA) is 15.3 Å². The van der Waals surface area contributed by atoms with Crippen LogP contribution >= 0.6 is 22.9 Å². The van der Waals surface area contributed by atoms with Crippen molar-refractivity contribution in [1.82, 2.24) is 10.2 Å². The molecule has 0 saturated carbocycles. The summed E-state index contributed by atoms with van der Waals surface area (Å²) < 4.78 is 80.2. The average molecular weight is 429 g/mol. The second-order valence-corrected chi connectivity index (χ2v) is 7.87. The molecule has 0 unspecified atom stereocenters. The Labute approximate surface area is 160 Å². The molecule has 0 bridgehead atoms. The van der Waals surface area contributed by atoms with Gasteiger partial charge >= 0.3 is 12.4 Å². The molecule has 2 nitrogen and oxygen atoms in total. The second kappa shape index (κ2) is 7.62. The van der Waals surface area contributed by atoms with Crippen molar-refractivity contribution in [1.29, 1.82) is 0 Å². The van der Waals surface area contributed by atoms with Crippen molar-refractivity contribution >= 4 is 22.9 Å². The molecule has 1 fully saturated rings. The van der Waals surface area contributed by atoms with E-state index >= 15 is 0 Å². The van der Waals surface area contributed by atoms with Crippen LogP contribution in [-0.4, -0.2) is 31.1 Å². The maximum atomic E-state index is 13.6. The van der Waals surface area contributed by atoms with E-state index in [1.54, 1.807) is 12.1 Å². The van der Waals surface area contributed by atoms with Gasteiger partial charge in [-0.3, -0.25) is 4.90 Å². The van der Waals surface area contributed by atoms with E-state index in [9.17, 15) is 26.3 Å². The third kappa shape index (κ3) is 4.59. The normalized spacial score (nSPS) is 17.9. The quantitative estimate of drug-likeness (QED) is 0.655. The summed E-state index contributed by atoms with van der Waals surface area (Å²) in [4.78, 5) is 2.39. The molecule has 0 amide bonds. The Morgan fingerprint density at radius 3 is 2.15 bits per heavy atom. The monoisotopic (exact) mass is 428 g/mol. The predicted octanol–water partition coefficient (Wildman–Crippen LogP) is 5.43. The Morgan fingerprint density at radius 2 is 1.63 bits per heavy atom. The summed E-state index contributed by atoms with van der Waals surface area (Å²) >= 11 is 7.09. The van der Waals surface area contributed by atoms with Gasteiger partial charge in [-0.1, -0.05) is 17.7 Å². The van der Waals surface area contributed by atoms with Gasteiger partial charge in [0.1, 0.15) is 0 Å². The van der Waals surface area contributed by atoms with E-state index < -0.39 is 29.5 Å². The zero-order valence-electron chi connectivity index (χ0n) is 13.8. The van der Waals surface area contributed by atoms with Crippen LogP contribution in [0.3, 0.4) is 0 Å².